The third-order valence-electron chi connectivity index (χ3n) is 3.17. The number of benzene rings is 1. The van der Waals surface area contributed by atoms with Crippen molar-refractivity contribution in [1.82, 2.24) is 10.3 Å². The molecule has 0 saturated heterocycles. The van der Waals surface area contributed by atoms with Crippen molar-refractivity contribution in [2.24, 2.45) is 0 Å². The van der Waals surface area contributed by atoms with Gasteiger partial charge in [0.1, 0.15) is 5.60 Å². The summed E-state index contributed by atoms with van der Waals surface area (Å²) in [5, 5.41) is 14.0. The van der Waals surface area contributed by atoms with Gasteiger partial charge in [-0.15, -0.1) is 11.3 Å². The van der Waals surface area contributed by atoms with E-state index in [9.17, 15) is 5.11 Å². The molecule has 0 amide bonds. The molecule has 0 aliphatic heterocycles. The van der Waals surface area contributed by atoms with Crippen LogP contribution in [-0.4, -0.2) is 16.6 Å². The molecule has 0 fully saturated rings. The molecule has 1 unspecified atom stereocenters. The van der Waals surface area contributed by atoms with Crippen LogP contribution in [0.1, 0.15) is 23.8 Å². The van der Waals surface area contributed by atoms with Gasteiger partial charge in [-0.3, -0.25) is 4.98 Å². The second-order valence-corrected chi connectivity index (χ2v) is 6.35. The highest BCUT2D eigenvalue weighted by Crippen LogP contribution is 2.25. The molecule has 19 heavy (non-hydrogen) atoms. The number of hydrogen-bond acceptors (Lipinski definition) is 4. The van der Waals surface area contributed by atoms with E-state index in [2.05, 4.69) is 26.2 Å². The summed E-state index contributed by atoms with van der Waals surface area (Å²) in [4.78, 5) is 5.21. The fraction of sp³-hybridized carbons (Fsp3) is 0.357. The molecule has 2 rings (SSSR count). The Bertz CT molecular complexity index is 501. The Morgan fingerprint density at radius 2 is 2.11 bits per heavy atom. The summed E-state index contributed by atoms with van der Waals surface area (Å²) in [6.07, 6.45) is 2.52. The largest absolute Gasteiger partial charge is 0.384 e. The first-order chi connectivity index (χ1) is 9.14. The Morgan fingerprint density at radius 1 is 1.37 bits per heavy atom. The Balaban J connectivity index is 1.99. The second-order valence-electron chi connectivity index (χ2n) is 4.46. The van der Waals surface area contributed by atoms with Gasteiger partial charge in [0.05, 0.1) is 5.51 Å². The van der Waals surface area contributed by atoms with Gasteiger partial charge < -0.3 is 10.4 Å². The number of hydrogen-bond donors (Lipinski definition) is 2. The number of rotatable bonds is 6. The topological polar surface area (TPSA) is 45.1 Å². The van der Waals surface area contributed by atoms with Crippen molar-refractivity contribution in [3.63, 3.8) is 0 Å². The normalized spacial score (nSPS) is 14.3. The fourth-order valence-corrected chi connectivity index (χ4v) is 2.74. The van der Waals surface area contributed by atoms with E-state index in [-0.39, 0.29) is 0 Å². The zero-order valence-corrected chi connectivity index (χ0v) is 13.2. The molecule has 0 radical (unpaired) electrons. The van der Waals surface area contributed by atoms with Crippen LogP contribution in [0.3, 0.4) is 0 Å². The lowest BCUT2D eigenvalue weighted by molar-refractivity contribution is 0.0324. The van der Waals surface area contributed by atoms with Crippen LogP contribution in [-0.2, 0) is 12.1 Å². The average Bonchev–Trinajstić information content (AvgIpc) is 2.92. The molecule has 3 nitrogen and oxygen atoms in total. The van der Waals surface area contributed by atoms with Crippen molar-refractivity contribution >= 4 is 27.3 Å². The lowest BCUT2D eigenvalue weighted by Gasteiger charge is -2.27. The van der Waals surface area contributed by atoms with E-state index in [1.807, 2.05) is 42.9 Å². The van der Waals surface area contributed by atoms with Gasteiger partial charge in [0.15, 0.2) is 0 Å². The maximum Gasteiger partial charge on any atom is 0.102 e. The van der Waals surface area contributed by atoms with Gasteiger partial charge in [0, 0.05) is 28.6 Å². The zero-order chi connectivity index (χ0) is 13.7. The van der Waals surface area contributed by atoms with Crippen LogP contribution in [0.4, 0.5) is 0 Å². The SMILES string of the molecule is CCC(O)(CNCc1cncs1)c1ccc(Br)cc1. The standard InChI is InChI=1S/C14H17BrN2OS/c1-2-14(18,11-3-5-12(15)6-4-11)9-16-7-13-8-17-10-19-13/h3-6,8,10,16,18H,2,7,9H2,1H3. The van der Waals surface area contributed by atoms with E-state index in [1.165, 1.54) is 4.88 Å². The zero-order valence-electron chi connectivity index (χ0n) is 10.8. The molecule has 2 aromatic rings. The van der Waals surface area contributed by atoms with E-state index >= 15 is 0 Å². The molecule has 1 aromatic carbocycles. The van der Waals surface area contributed by atoms with Crippen molar-refractivity contribution < 1.29 is 5.11 Å². The number of nitrogens with zero attached hydrogens (tertiary/aromatic N) is 1. The summed E-state index contributed by atoms with van der Waals surface area (Å²) >= 11 is 5.03. The summed E-state index contributed by atoms with van der Waals surface area (Å²) in [5.74, 6) is 0. The molecular formula is C14H17BrN2OS. The third-order valence-corrected chi connectivity index (χ3v) is 4.47. The van der Waals surface area contributed by atoms with Gasteiger partial charge in [-0.05, 0) is 24.1 Å². The van der Waals surface area contributed by atoms with Gasteiger partial charge in [-0.25, -0.2) is 0 Å². The van der Waals surface area contributed by atoms with Crippen LogP contribution in [0.25, 0.3) is 0 Å². The number of thiazole rings is 1. The predicted molar refractivity (Wildman–Crippen MR) is 82.2 cm³/mol. The third kappa shape index (κ3) is 3.86. The minimum Gasteiger partial charge on any atom is -0.384 e. The smallest absolute Gasteiger partial charge is 0.102 e. The summed E-state index contributed by atoms with van der Waals surface area (Å²) in [5.41, 5.74) is 1.93. The van der Waals surface area contributed by atoms with Crippen LogP contribution in [0, 0.1) is 0 Å². The van der Waals surface area contributed by atoms with Crippen molar-refractivity contribution in [2.75, 3.05) is 6.54 Å². The number of halogens is 1. The molecule has 0 aliphatic rings. The van der Waals surface area contributed by atoms with Crippen LogP contribution >= 0.6 is 27.3 Å². The molecule has 0 spiro atoms. The number of nitrogens with one attached hydrogen (secondary N) is 1. The van der Waals surface area contributed by atoms with Gasteiger partial charge in [-0.2, -0.15) is 0 Å². The molecule has 1 aromatic heterocycles. The van der Waals surface area contributed by atoms with E-state index in [0.29, 0.717) is 13.0 Å². The fourth-order valence-electron chi connectivity index (χ4n) is 1.91. The molecule has 1 atom stereocenters. The minimum absolute atomic E-state index is 0.531. The highest BCUT2D eigenvalue weighted by molar-refractivity contribution is 9.10. The van der Waals surface area contributed by atoms with Gasteiger partial charge in [0.2, 0.25) is 0 Å². The van der Waals surface area contributed by atoms with Gasteiger partial charge in [-0.1, -0.05) is 35.0 Å². The lowest BCUT2D eigenvalue weighted by Crippen LogP contribution is -2.37. The first kappa shape index (κ1) is 14.7. The van der Waals surface area contributed by atoms with Crippen molar-refractivity contribution in [3.8, 4) is 0 Å². The molecular weight excluding hydrogens is 324 g/mol. The molecule has 0 aliphatic carbocycles. The first-order valence-corrected chi connectivity index (χ1v) is 7.88. The van der Waals surface area contributed by atoms with E-state index in [0.717, 1.165) is 16.6 Å². The van der Waals surface area contributed by atoms with Crippen LogP contribution in [0.15, 0.2) is 40.4 Å². The minimum atomic E-state index is -0.828. The van der Waals surface area contributed by atoms with Crippen molar-refractivity contribution in [3.05, 3.63) is 50.9 Å². The van der Waals surface area contributed by atoms with Crippen LogP contribution in [0.2, 0.25) is 0 Å². The lowest BCUT2D eigenvalue weighted by atomic mass is 9.91. The second kappa shape index (κ2) is 6.61. The first-order valence-electron chi connectivity index (χ1n) is 6.20. The van der Waals surface area contributed by atoms with E-state index < -0.39 is 5.60 Å². The van der Waals surface area contributed by atoms with Crippen molar-refractivity contribution in [1.29, 1.82) is 0 Å². The molecule has 5 heteroatoms. The van der Waals surface area contributed by atoms with Gasteiger partial charge in [0.25, 0.3) is 0 Å². The number of aliphatic hydroxyl groups is 1. The maximum atomic E-state index is 10.7. The Hall–Kier alpha value is -0.750. The van der Waals surface area contributed by atoms with E-state index in [4.69, 9.17) is 0 Å². The van der Waals surface area contributed by atoms with Crippen LogP contribution in [0.5, 0.6) is 0 Å². The highest BCUT2D eigenvalue weighted by Gasteiger charge is 2.26. The molecule has 0 saturated carbocycles. The average molecular weight is 341 g/mol. The maximum absolute atomic E-state index is 10.7. The van der Waals surface area contributed by atoms with Gasteiger partial charge >= 0.3 is 0 Å². The summed E-state index contributed by atoms with van der Waals surface area (Å²) in [6.45, 7) is 3.27. The Morgan fingerprint density at radius 3 is 2.68 bits per heavy atom. The highest BCUT2D eigenvalue weighted by atomic mass is 79.9. The summed E-state index contributed by atoms with van der Waals surface area (Å²) < 4.78 is 1.02. The van der Waals surface area contributed by atoms with Crippen LogP contribution < -0.4 is 5.32 Å². The molecule has 0 bridgehead atoms. The summed E-state index contributed by atoms with van der Waals surface area (Å²) in [6, 6.07) is 7.84. The Kier molecular flexibility index (Phi) is 5.10. The summed E-state index contributed by atoms with van der Waals surface area (Å²) in [7, 11) is 0. The monoisotopic (exact) mass is 340 g/mol. The predicted octanol–water partition coefficient (Wildman–Crippen LogP) is 3.29. The quantitative estimate of drug-likeness (QED) is 0.847. The molecule has 1 heterocycles. The van der Waals surface area contributed by atoms with Crippen molar-refractivity contribution in [2.45, 2.75) is 25.5 Å². The van der Waals surface area contributed by atoms with E-state index in [1.54, 1.807) is 11.3 Å². The molecule has 102 valence electrons. The number of aromatic nitrogens is 1. The Labute approximate surface area is 125 Å². The molecule has 2 N–H and O–H groups in total.